The van der Waals surface area contributed by atoms with Crippen LogP contribution in [0.2, 0.25) is 0 Å². The zero-order valence-electron chi connectivity index (χ0n) is 12.4. The molecule has 1 aliphatic carbocycles. The van der Waals surface area contributed by atoms with Crippen LogP contribution in [0.25, 0.3) is 11.6 Å². The first-order chi connectivity index (χ1) is 10.2. The van der Waals surface area contributed by atoms with Gasteiger partial charge in [-0.25, -0.2) is 9.97 Å². The third kappa shape index (κ3) is 3.10. The minimum Gasteiger partial charge on any atom is -0.339 e. The SMILES string of the molecule is Cc1cnc(-c2noc(CC3(CN)CCCCC3)n2)nc1. The summed E-state index contributed by atoms with van der Waals surface area (Å²) in [4.78, 5) is 12.9. The molecule has 2 N–H and O–H groups in total. The predicted octanol–water partition coefficient (Wildman–Crippen LogP) is 2.29. The van der Waals surface area contributed by atoms with E-state index in [2.05, 4.69) is 20.1 Å². The Morgan fingerprint density at radius 1 is 1.14 bits per heavy atom. The quantitative estimate of drug-likeness (QED) is 0.927. The number of hydrogen-bond acceptors (Lipinski definition) is 6. The van der Waals surface area contributed by atoms with Crippen LogP contribution >= 0.6 is 0 Å². The third-order valence-electron chi connectivity index (χ3n) is 4.32. The molecule has 0 aliphatic heterocycles. The lowest BCUT2D eigenvalue weighted by Crippen LogP contribution is -2.35. The van der Waals surface area contributed by atoms with Gasteiger partial charge in [-0.05, 0) is 37.3 Å². The smallest absolute Gasteiger partial charge is 0.240 e. The highest BCUT2D eigenvalue weighted by atomic mass is 16.5. The van der Waals surface area contributed by atoms with Crippen LogP contribution in [0.15, 0.2) is 16.9 Å². The average Bonchev–Trinajstić information content (AvgIpc) is 2.97. The Morgan fingerprint density at radius 3 is 2.52 bits per heavy atom. The molecule has 6 nitrogen and oxygen atoms in total. The molecule has 1 aliphatic rings. The second kappa shape index (κ2) is 5.89. The summed E-state index contributed by atoms with van der Waals surface area (Å²) in [5.74, 6) is 1.59. The van der Waals surface area contributed by atoms with E-state index in [1.165, 1.54) is 19.3 Å². The molecule has 0 unspecified atom stereocenters. The molecule has 0 amide bonds. The van der Waals surface area contributed by atoms with Gasteiger partial charge in [0.2, 0.25) is 17.5 Å². The van der Waals surface area contributed by atoms with E-state index in [1.54, 1.807) is 12.4 Å². The van der Waals surface area contributed by atoms with Crippen LogP contribution in [0.1, 0.15) is 43.6 Å². The van der Waals surface area contributed by atoms with Crippen molar-refractivity contribution < 1.29 is 4.52 Å². The minimum atomic E-state index is 0.121. The summed E-state index contributed by atoms with van der Waals surface area (Å²) in [5, 5.41) is 4.00. The van der Waals surface area contributed by atoms with Crippen LogP contribution < -0.4 is 5.73 Å². The summed E-state index contributed by atoms with van der Waals surface area (Å²) in [6, 6.07) is 0. The first-order valence-electron chi connectivity index (χ1n) is 7.52. The summed E-state index contributed by atoms with van der Waals surface area (Å²) in [6.07, 6.45) is 10.3. The number of aromatic nitrogens is 4. The Morgan fingerprint density at radius 2 is 1.86 bits per heavy atom. The molecule has 3 rings (SSSR count). The maximum absolute atomic E-state index is 6.01. The van der Waals surface area contributed by atoms with Crippen molar-refractivity contribution in [2.75, 3.05) is 6.54 Å². The van der Waals surface area contributed by atoms with Crippen molar-refractivity contribution >= 4 is 0 Å². The maximum Gasteiger partial charge on any atom is 0.240 e. The highest BCUT2D eigenvalue weighted by Crippen LogP contribution is 2.38. The lowest BCUT2D eigenvalue weighted by Gasteiger charge is -2.34. The van der Waals surface area contributed by atoms with Gasteiger partial charge in [0.1, 0.15) is 0 Å². The summed E-state index contributed by atoms with van der Waals surface area (Å²) in [6.45, 7) is 2.62. The lowest BCUT2D eigenvalue weighted by molar-refractivity contribution is 0.177. The van der Waals surface area contributed by atoms with E-state index in [0.717, 1.165) is 24.8 Å². The van der Waals surface area contributed by atoms with Gasteiger partial charge in [0.15, 0.2) is 0 Å². The highest BCUT2D eigenvalue weighted by molar-refractivity contribution is 5.40. The molecule has 0 atom stereocenters. The van der Waals surface area contributed by atoms with Crippen LogP contribution in [-0.2, 0) is 6.42 Å². The van der Waals surface area contributed by atoms with Gasteiger partial charge in [0.05, 0.1) is 0 Å². The van der Waals surface area contributed by atoms with E-state index >= 15 is 0 Å². The van der Waals surface area contributed by atoms with Crippen molar-refractivity contribution in [3.63, 3.8) is 0 Å². The van der Waals surface area contributed by atoms with Crippen molar-refractivity contribution in [3.05, 3.63) is 23.8 Å². The molecule has 1 saturated carbocycles. The molecule has 0 saturated heterocycles. The van der Waals surface area contributed by atoms with Crippen molar-refractivity contribution in [1.29, 1.82) is 0 Å². The van der Waals surface area contributed by atoms with E-state index in [4.69, 9.17) is 10.3 Å². The zero-order chi connectivity index (χ0) is 14.7. The zero-order valence-corrected chi connectivity index (χ0v) is 12.4. The van der Waals surface area contributed by atoms with Gasteiger partial charge in [-0.15, -0.1) is 0 Å². The van der Waals surface area contributed by atoms with Crippen LogP contribution in [0.4, 0.5) is 0 Å². The first kappa shape index (κ1) is 14.1. The van der Waals surface area contributed by atoms with Crippen LogP contribution in [0.5, 0.6) is 0 Å². The van der Waals surface area contributed by atoms with Crippen LogP contribution in [0, 0.1) is 12.3 Å². The molecule has 0 spiro atoms. The van der Waals surface area contributed by atoms with Crippen molar-refractivity contribution in [2.45, 2.75) is 45.4 Å². The monoisotopic (exact) mass is 287 g/mol. The van der Waals surface area contributed by atoms with E-state index in [9.17, 15) is 0 Å². The second-order valence-electron chi connectivity index (χ2n) is 6.04. The van der Waals surface area contributed by atoms with Crippen molar-refractivity contribution in [2.24, 2.45) is 11.1 Å². The molecule has 0 aromatic carbocycles. The van der Waals surface area contributed by atoms with Gasteiger partial charge in [-0.2, -0.15) is 4.98 Å². The Labute approximate surface area is 124 Å². The third-order valence-corrected chi connectivity index (χ3v) is 4.32. The molecule has 6 heteroatoms. The summed E-state index contributed by atoms with van der Waals surface area (Å²) < 4.78 is 5.38. The fourth-order valence-corrected chi connectivity index (χ4v) is 3.00. The summed E-state index contributed by atoms with van der Waals surface area (Å²) in [7, 11) is 0. The van der Waals surface area contributed by atoms with Crippen molar-refractivity contribution in [3.8, 4) is 11.6 Å². The molecule has 0 bridgehead atoms. The Hall–Kier alpha value is -1.82. The Bertz CT molecular complexity index is 586. The van der Waals surface area contributed by atoms with Crippen LogP contribution in [0.3, 0.4) is 0 Å². The van der Waals surface area contributed by atoms with Crippen LogP contribution in [-0.4, -0.2) is 26.7 Å². The summed E-state index contributed by atoms with van der Waals surface area (Å²) >= 11 is 0. The predicted molar refractivity (Wildman–Crippen MR) is 78.3 cm³/mol. The maximum atomic E-state index is 6.01. The van der Waals surface area contributed by atoms with Gasteiger partial charge in [-0.3, -0.25) is 0 Å². The van der Waals surface area contributed by atoms with E-state index in [-0.39, 0.29) is 5.41 Å². The van der Waals surface area contributed by atoms with E-state index in [1.807, 2.05) is 6.92 Å². The Kier molecular flexibility index (Phi) is 3.96. The van der Waals surface area contributed by atoms with Gasteiger partial charge < -0.3 is 10.3 Å². The highest BCUT2D eigenvalue weighted by Gasteiger charge is 2.33. The first-order valence-corrected chi connectivity index (χ1v) is 7.52. The summed E-state index contributed by atoms with van der Waals surface area (Å²) in [5.41, 5.74) is 7.13. The minimum absolute atomic E-state index is 0.121. The normalized spacial score (nSPS) is 17.8. The van der Waals surface area contributed by atoms with E-state index < -0.39 is 0 Å². The molecule has 2 aromatic heterocycles. The lowest BCUT2D eigenvalue weighted by atomic mass is 9.72. The number of rotatable bonds is 4. The standard InChI is InChI=1S/C15H21N5O/c1-11-8-17-13(18-9-11)14-19-12(21-20-14)7-15(10-16)5-3-2-4-6-15/h8-9H,2-7,10,16H2,1H3. The molecule has 0 radical (unpaired) electrons. The number of nitrogens with zero attached hydrogens (tertiary/aromatic N) is 4. The second-order valence-corrected chi connectivity index (χ2v) is 6.04. The number of hydrogen-bond donors (Lipinski definition) is 1. The van der Waals surface area contributed by atoms with Gasteiger partial charge >= 0.3 is 0 Å². The average molecular weight is 287 g/mol. The molecule has 112 valence electrons. The number of nitrogens with two attached hydrogens (primary N) is 1. The molecule has 1 fully saturated rings. The van der Waals surface area contributed by atoms with E-state index in [0.29, 0.717) is 24.1 Å². The van der Waals surface area contributed by atoms with Gasteiger partial charge in [-0.1, -0.05) is 24.4 Å². The molecule has 2 heterocycles. The molecule has 21 heavy (non-hydrogen) atoms. The number of aryl methyl sites for hydroxylation is 1. The van der Waals surface area contributed by atoms with Gasteiger partial charge in [0.25, 0.3) is 0 Å². The molecule has 2 aromatic rings. The molecular formula is C15H21N5O. The topological polar surface area (TPSA) is 90.7 Å². The molecular weight excluding hydrogens is 266 g/mol. The largest absolute Gasteiger partial charge is 0.339 e. The Balaban J connectivity index is 1.76. The fraction of sp³-hybridized carbons (Fsp3) is 0.600. The van der Waals surface area contributed by atoms with Crippen molar-refractivity contribution in [1.82, 2.24) is 20.1 Å². The van der Waals surface area contributed by atoms with Gasteiger partial charge in [0, 0.05) is 18.8 Å². The fourth-order valence-electron chi connectivity index (χ4n) is 3.00.